The van der Waals surface area contributed by atoms with Crippen molar-refractivity contribution in [2.45, 2.75) is 56.3 Å². The van der Waals surface area contributed by atoms with E-state index in [1.54, 1.807) is 36.5 Å². The minimum atomic E-state index is -1.28. The van der Waals surface area contributed by atoms with Crippen molar-refractivity contribution in [3.8, 4) is 0 Å². The summed E-state index contributed by atoms with van der Waals surface area (Å²) in [5.41, 5.74) is 14.2. The third-order valence-corrected chi connectivity index (χ3v) is 7.27. The number of imidazole rings is 1. The zero-order valence-corrected chi connectivity index (χ0v) is 24.4. The van der Waals surface area contributed by atoms with Crippen LogP contribution < -0.4 is 27.4 Å². The second-order valence-corrected chi connectivity index (χ2v) is 10.7. The van der Waals surface area contributed by atoms with Crippen LogP contribution in [0.25, 0.3) is 10.9 Å². The van der Waals surface area contributed by atoms with Crippen molar-refractivity contribution in [1.29, 1.82) is 0 Å². The smallest absolute Gasteiger partial charge is 0.326 e. The molecule has 2 aromatic carbocycles. The molecule has 0 saturated carbocycles. The van der Waals surface area contributed by atoms with Gasteiger partial charge in [-0.2, -0.15) is 0 Å². The van der Waals surface area contributed by atoms with Crippen LogP contribution in [0.5, 0.6) is 0 Å². The number of rotatable bonds is 16. The third-order valence-electron chi connectivity index (χ3n) is 7.27. The van der Waals surface area contributed by atoms with Crippen LogP contribution in [-0.2, 0) is 43.2 Å². The maximum Gasteiger partial charge on any atom is 0.326 e. The van der Waals surface area contributed by atoms with Gasteiger partial charge in [-0.3, -0.25) is 19.2 Å². The number of nitrogens with one attached hydrogen (secondary N) is 5. The first-order chi connectivity index (χ1) is 21.6. The summed E-state index contributed by atoms with van der Waals surface area (Å²) in [6.07, 6.45) is 4.40. The second kappa shape index (κ2) is 15.3. The van der Waals surface area contributed by atoms with E-state index in [9.17, 15) is 29.1 Å². The van der Waals surface area contributed by atoms with E-state index in [1.807, 2.05) is 24.3 Å². The fourth-order valence-electron chi connectivity index (χ4n) is 4.88. The monoisotopic (exact) mass is 616 g/mol. The number of primary amides is 1. The summed E-state index contributed by atoms with van der Waals surface area (Å²) in [7, 11) is 0. The first-order valence-corrected chi connectivity index (χ1v) is 14.3. The molecule has 4 aromatic rings. The molecule has 4 unspecified atom stereocenters. The Morgan fingerprint density at radius 2 is 1.47 bits per heavy atom. The molecule has 0 aliphatic rings. The molecule has 4 rings (SSSR count). The van der Waals surface area contributed by atoms with Crippen molar-refractivity contribution in [1.82, 2.24) is 30.9 Å². The quantitative estimate of drug-likeness (QED) is 0.0854. The number of hydrogen-bond donors (Lipinski definition) is 8. The lowest BCUT2D eigenvalue weighted by atomic mass is 10.0. The van der Waals surface area contributed by atoms with E-state index in [0.717, 1.165) is 10.9 Å². The summed E-state index contributed by atoms with van der Waals surface area (Å²) < 4.78 is 0. The minimum Gasteiger partial charge on any atom is -0.480 e. The second-order valence-electron chi connectivity index (χ2n) is 10.7. The maximum absolute atomic E-state index is 13.7. The molecule has 45 heavy (non-hydrogen) atoms. The first-order valence-electron chi connectivity index (χ1n) is 14.3. The highest BCUT2D eigenvalue weighted by molar-refractivity contribution is 5.95. The number of carboxylic acid groups (broad SMARTS) is 1. The molecule has 236 valence electrons. The lowest BCUT2D eigenvalue weighted by Gasteiger charge is -2.25. The average Bonchev–Trinajstić information content (AvgIpc) is 3.68. The number of fused-ring (bicyclic) bond motifs is 1. The lowest BCUT2D eigenvalue weighted by Crippen LogP contribution is -2.58. The lowest BCUT2D eigenvalue weighted by molar-refractivity contribution is -0.142. The van der Waals surface area contributed by atoms with Gasteiger partial charge in [0.1, 0.15) is 18.1 Å². The van der Waals surface area contributed by atoms with E-state index >= 15 is 0 Å². The largest absolute Gasteiger partial charge is 0.480 e. The van der Waals surface area contributed by atoms with Gasteiger partial charge in [0, 0.05) is 54.7 Å². The molecule has 4 amide bonds. The normalized spacial score (nSPS) is 13.7. The summed E-state index contributed by atoms with van der Waals surface area (Å²) in [6.45, 7) is 0. The van der Waals surface area contributed by atoms with Gasteiger partial charge >= 0.3 is 5.97 Å². The fraction of sp³-hybridized carbons (Fsp3) is 0.290. The van der Waals surface area contributed by atoms with Crippen LogP contribution in [0.3, 0.4) is 0 Å². The molecule has 14 heteroatoms. The molecular formula is C31H36N8O6. The number of para-hydroxylation sites is 1. The van der Waals surface area contributed by atoms with Crippen molar-refractivity contribution in [3.05, 3.63) is 90.1 Å². The number of carbonyl (C=O) groups is 5. The molecular weight excluding hydrogens is 580 g/mol. The minimum absolute atomic E-state index is 0.00487. The maximum atomic E-state index is 13.7. The number of aliphatic carboxylic acids is 1. The van der Waals surface area contributed by atoms with Crippen molar-refractivity contribution < 1.29 is 29.1 Å². The average molecular weight is 617 g/mol. The van der Waals surface area contributed by atoms with Gasteiger partial charge in [0.15, 0.2) is 0 Å². The Bertz CT molecular complexity index is 1620. The number of carboxylic acids is 1. The number of nitrogens with two attached hydrogens (primary N) is 2. The van der Waals surface area contributed by atoms with Crippen molar-refractivity contribution >= 4 is 40.5 Å². The van der Waals surface area contributed by atoms with E-state index in [4.69, 9.17) is 11.5 Å². The number of carbonyl (C=O) groups excluding carboxylic acids is 4. The Morgan fingerprint density at radius 3 is 2.16 bits per heavy atom. The van der Waals surface area contributed by atoms with Gasteiger partial charge < -0.3 is 42.5 Å². The molecule has 14 nitrogen and oxygen atoms in total. The van der Waals surface area contributed by atoms with Gasteiger partial charge in [-0.05, 0) is 23.6 Å². The zero-order valence-electron chi connectivity index (χ0n) is 24.4. The predicted octanol–water partition coefficient (Wildman–Crippen LogP) is 0.0507. The molecule has 0 bridgehead atoms. The van der Waals surface area contributed by atoms with E-state index in [-0.39, 0.29) is 32.1 Å². The van der Waals surface area contributed by atoms with Crippen molar-refractivity contribution in [3.63, 3.8) is 0 Å². The standard InChI is InChI=1S/C31H36N8O6/c32-22(14-20-16-34-17-36-20)28(41)37-24(10-11-27(33)40)29(42)38-25(13-19-15-35-23-9-5-4-8-21(19)23)30(43)39-26(31(44)45)12-18-6-2-1-3-7-18/h1-9,15-17,22,24-26,35H,10-14,32H2,(H2,33,40)(H,34,36)(H,37,41)(H,38,42)(H,39,43)(H,44,45). The van der Waals surface area contributed by atoms with Crippen LogP contribution in [0.1, 0.15) is 29.7 Å². The van der Waals surface area contributed by atoms with Crippen LogP contribution >= 0.6 is 0 Å². The Labute approximate surface area is 258 Å². The molecule has 0 spiro atoms. The number of aromatic amines is 2. The van der Waals surface area contributed by atoms with Gasteiger partial charge in [0.25, 0.3) is 0 Å². The Balaban J connectivity index is 1.55. The van der Waals surface area contributed by atoms with Gasteiger partial charge in [-0.1, -0.05) is 48.5 Å². The van der Waals surface area contributed by atoms with Crippen molar-refractivity contribution in [2.75, 3.05) is 0 Å². The summed E-state index contributed by atoms with van der Waals surface area (Å²) in [4.78, 5) is 73.7. The van der Waals surface area contributed by atoms with Crippen LogP contribution in [0.2, 0.25) is 0 Å². The summed E-state index contributed by atoms with van der Waals surface area (Å²) in [5, 5.41) is 18.5. The Kier molecular flexibility index (Phi) is 11.0. The van der Waals surface area contributed by atoms with E-state index < -0.39 is 53.8 Å². The van der Waals surface area contributed by atoms with Gasteiger partial charge in [0.2, 0.25) is 23.6 Å². The molecule has 0 aliphatic carbocycles. The SMILES string of the molecule is NC(=O)CCC(NC(=O)C(N)Cc1cnc[nH]1)C(=O)NC(Cc1c[nH]c2ccccc12)C(=O)NC(Cc1ccccc1)C(=O)O. The summed E-state index contributed by atoms with van der Waals surface area (Å²) >= 11 is 0. The molecule has 10 N–H and O–H groups in total. The number of benzene rings is 2. The Morgan fingerprint density at radius 1 is 0.800 bits per heavy atom. The molecule has 2 aromatic heterocycles. The number of nitrogens with zero attached hydrogens (tertiary/aromatic N) is 1. The van der Waals surface area contributed by atoms with Crippen LogP contribution in [0.15, 0.2) is 73.3 Å². The zero-order chi connectivity index (χ0) is 32.3. The molecule has 0 radical (unpaired) electrons. The fourth-order valence-corrected chi connectivity index (χ4v) is 4.88. The highest BCUT2D eigenvalue weighted by atomic mass is 16.4. The molecule has 0 saturated heterocycles. The molecule has 0 fully saturated rings. The molecule has 4 atom stereocenters. The number of amides is 4. The van der Waals surface area contributed by atoms with E-state index in [0.29, 0.717) is 16.8 Å². The van der Waals surface area contributed by atoms with Crippen LogP contribution in [0, 0.1) is 0 Å². The Hall–Kier alpha value is -5.50. The van der Waals surface area contributed by atoms with Gasteiger partial charge in [-0.25, -0.2) is 9.78 Å². The number of H-pyrrole nitrogens is 2. The number of hydrogen-bond acceptors (Lipinski definition) is 7. The summed E-state index contributed by atoms with van der Waals surface area (Å²) in [6, 6.07) is 11.3. The highest BCUT2D eigenvalue weighted by Crippen LogP contribution is 2.19. The van der Waals surface area contributed by atoms with Gasteiger partial charge in [0.05, 0.1) is 12.4 Å². The summed E-state index contributed by atoms with van der Waals surface area (Å²) in [5.74, 6) is -4.12. The predicted molar refractivity (Wildman–Crippen MR) is 164 cm³/mol. The third kappa shape index (κ3) is 9.24. The van der Waals surface area contributed by atoms with Crippen molar-refractivity contribution in [2.24, 2.45) is 11.5 Å². The van der Waals surface area contributed by atoms with Crippen LogP contribution in [0.4, 0.5) is 0 Å². The van der Waals surface area contributed by atoms with Crippen LogP contribution in [-0.4, -0.2) is 73.8 Å². The number of aromatic nitrogens is 3. The molecule has 2 heterocycles. The topological polar surface area (TPSA) is 238 Å². The molecule has 0 aliphatic heterocycles. The van der Waals surface area contributed by atoms with E-state index in [2.05, 4.69) is 30.9 Å². The first kappa shape index (κ1) is 32.4. The van der Waals surface area contributed by atoms with E-state index in [1.165, 1.54) is 12.5 Å². The highest BCUT2D eigenvalue weighted by Gasteiger charge is 2.31. The van der Waals surface area contributed by atoms with Gasteiger partial charge in [-0.15, -0.1) is 0 Å².